The van der Waals surface area contributed by atoms with Gasteiger partial charge in [0.15, 0.2) is 6.10 Å². The van der Waals surface area contributed by atoms with Crippen LogP contribution >= 0.6 is 0 Å². The van der Waals surface area contributed by atoms with E-state index in [9.17, 15) is 23.3 Å². The van der Waals surface area contributed by atoms with E-state index in [0.29, 0.717) is 17.1 Å². The minimum Gasteiger partial charge on any atom is -0.481 e. The van der Waals surface area contributed by atoms with Crippen LogP contribution in [0.5, 0.6) is 5.75 Å². The summed E-state index contributed by atoms with van der Waals surface area (Å²) in [6, 6.07) is 16.4. The summed E-state index contributed by atoms with van der Waals surface area (Å²) in [6.07, 6.45) is -0.888. The highest BCUT2D eigenvalue weighted by molar-refractivity contribution is 7.92. The van der Waals surface area contributed by atoms with Crippen LogP contribution in [0.3, 0.4) is 0 Å². The lowest BCUT2D eigenvalue weighted by Gasteiger charge is -2.15. The number of carbonyl (C=O) groups excluding carboxylic acids is 1. The Morgan fingerprint density at radius 1 is 0.939 bits per heavy atom. The van der Waals surface area contributed by atoms with Crippen LogP contribution in [0.15, 0.2) is 71.6 Å². The van der Waals surface area contributed by atoms with Crippen LogP contribution in [0.25, 0.3) is 0 Å². The third-order valence-electron chi connectivity index (χ3n) is 4.92. The van der Waals surface area contributed by atoms with Gasteiger partial charge in [-0.3, -0.25) is 19.6 Å². The zero-order valence-electron chi connectivity index (χ0n) is 18.2. The molecule has 33 heavy (non-hydrogen) atoms. The molecule has 3 aromatic carbocycles. The Morgan fingerprint density at radius 3 is 2.12 bits per heavy atom. The monoisotopic (exact) mass is 469 g/mol. The first kappa shape index (κ1) is 23.7. The number of carbonyl (C=O) groups is 1. The van der Waals surface area contributed by atoms with E-state index in [-0.39, 0.29) is 10.6 Å². The zero-order chi connectivity index (χ0) is 24.2. The number of nitrogens with one attached hydrogen (secondary N) is 2. The first-order chi connectivity index (χ1) is 15.5. The summed E-state index contributed by atoms with van der Waals surface area (Å²) in [7, 11) is -3.79. The molecular formula is C23H23N3O6S. The molecule has 172 valence electrons. The van der Waals surface area contributed by atoms with Crippen molar-refractivity contribution in [2.75, 3.05) is 10.0 Å². The van der Waals surface area contributed by atoms with Gasteiger partial charge < -0.3 is 10.1 Å². The molecule has 3 rings (SSSR count). The van der Waals surface area contributed by atoms with Crippen molar-refractivity contribution >= 4 is 33.0 Å². The van der Waals surface area contributed by atoms with Crippen molar-refractivity contribution in [3.8, 4) is 5.75 Å². The maximum absolute atomic E-state index is 12.6. The van der Waals surface area contributed by atoms with E-state index in [1.54, 1.807) is 12.1 Å². The minimum absolute atomic E-state index is 0.0499. The SMILES string of the molecule is Cc1ccc(NS(=O)(=O)c2ccc(NC(=O)C(C)Oc3ccc([N+](=O)[O-])cc3)cc2)cc1C. The predicted octanol–water partition coefficient (Wildman–Crippen LogP) is 4.42. The highest BCUT2D eigenvalue weighted by Crippen LogP contribution is 2.21. The van der Waals surface area contributed by atoms with Gasteiger partial charge in [0.05, 0.1) is 9.82 Å². The molecule has 10 heteroatoms. The maximum atomic E-state index is 12.6. The Hall–Kier alpha value is -3.92. The van der Waals surface area contributed by atoms with E-state index in [2.05, 4.69) is 10.0 Å². The molecule has 1 amide bonds. The molecular weight excluding hydrogens is 446 g/mol. The summed E-state index contributed by atoms with van der Waals surface area (Å²) < 4.78 is 33.3. The fourth-order valence-corrected chi connectivity index (χ4v) is 3.93. The number of amides is 1. The maximum Gasteiger partial charge on any atom is 0.269 e. The molecule has 0 spiro atoms. The zero-order valence-corrected chi connectivity index (χ0v) is 19.0. The number of hydrogen-bond donors (Lipinski definition) is 2. The van der Waals surface area contributed by atoms with Crippen LogP contribution in [0.1, 0.15) is 18.1 Å². The molecule has 1 atom stereocenters. The van der Waals surface area contributed by atoms with E-state index in [0.717, 1.165) is 11.1 Å². The van der Waals surface area contributed by atoms with Gasteiger partial charge in [-0.05, 0) is 80.4 Å². The standard InChI is InChI=1S/C23H23N3O6S/c1-15-4-5-19(14-16(15)2)25-33(30,31)22-12-6-18(7-13-22)24-23(27)17(3)32-21-10-8-20(9-11-21)26(28)29/h4-14,17,25H,1-3H3,(H,24,27). The van der Waals surface area contributed by atoms with Crippen LogP contribution in [-0.4, -0.2) is 25.4 Å². The molecule has 0 aromatic heterocycles. The van der Waals surface area contributed by atoms with E-state index >= 15 is 0 Å². The highest BCUT2D eigenvalue weighted by Gasteiger charge is 2.18. The van der Waals surface area contributed by atoms with Gasteiger partial charge in [-0.25, -0.2) is 8.42 Å². The van der Waals surface area contributed by atoms with Gasteiger partial charge in [-0.15, -0.1) is 0 Å². The lowest BCUT2D eigenvalue weighted by Crippen LogP contribution is -2.30. The number of hydrogen-bond acceptors (Lipinski definition) is 6. The number of nitrogens with zero attached hydrogens (tertiary/aromatic N) is 1. The first-order valence-electron chi connectivity index (χ1n) is 9.97. The number of sulfonamides is 1. The van der Waals surface area contributed by atoms with Gasteiger partial charge in [0.25, 0.3) is 21.6 Å². The number of anilines is 2. The molecule has 3 aromatic rings. The molecule has 1 unspecified atom stereocenters. The molecule has 0 heterocycles. The number of nitro groups is 1. The van der Waals surface area contributed by atoms with Crippen molar-refractivity contribution in [3.63, 3.8) is 0 Å². The summed E-state index contributed by atoms with van der Waals surface area (Å²) in [5.41, 5.74) is 2.81. The normalized spacial score (nSPS) is 12.0. The molecule has 0 aliphatic carbocycles. The highest BCUT2D eigenvalue weighted by atomic mass is 32.2. The summed E-state index contributed by atoms with van der Waals surface area (Å²) in [5.74, 6) is -0.153. The fourth-order valence-electron chi connectivity index (χ4n) is 2.88. The van der Waals surface area contributed by atoms with Gasteiger partial charge in [0.2, 0.25) is 0 Å². The van der Waals surface area contributed by atoms with Crippen molar-refractivity contribution < 1.29 is 22.9 Å². The number of benzene rings is 3. The summed E-state index contributed by atoms with van der Waals surface area (Å²) >= 11 is 0. The smallest absolute Gasteiger partial charge is 0.269 e. The van der Waals surface area contributed by atoms with Gasteiger partial charge in [0, 0.05) is 23.5 Å². The summed E-state index contributed by atoms with van der Waals surface area (Å²) in [5, 5.41) is 13.4. The summed E-state index contributed by atoms with van der Waals surface area (Å²) in [6.45, 7) is 5.37. The molecule has 0 radical (unpaired) electrons. The van der Waals surface area contributed by atoms with Gasteiger partial charge in [-0.1, -0.05) is 6.07 Å². The van der Waals surface area contributed by atoms with Crippen molar-refractivity contribution in [2.24, 2.45) is 0 Å². The van der Waals surface area contributed by atoms with Crippen molar-refractivity contribution in [2.45, 2.75) is 31.8 Å². The summed E-state index contributed by atoms with van der Waals surface area (Å²) in [4.78, 5) is 22.6. The lowest BCUT2D eigenvalue weighted by molar-refractivity contribution is -0.384. The second-order valence-electron chi connectivity index (χ2n) is 7.43. The van der Waals surface area contributed by atoms with E-state index in [1.165, 1.54) is 55.5 Å². The minimum atomic E-state index is -3.79. The number of aryl methyl sites for hydroxylation is 2. The second-order valence-corrected chi connectivity index (χ2v) is 9.11. The van der Waals surface area contributed by atoms with Gasteiger partial charge >= 0.3 is 0 Å². The molecule has 0 aliphatic rings. The molecule has 0 saturated heterocycles. The Labute approximate surface area is 191 Å². The third kappa shape index (κ3) is 6.07. The van der Waals surface area contributed by atoms with Crippen molar-refractivity contribution in [1.82, 2.24) is 0 Å². The average molecular weight is 470 g/mol. The number of ether oxygens (including phenoxy) is 1. The Balaban J connectivity index is 1.62. The number of non-ortho nitro benzene ring substituents is 1. The second kappa shape index (κ2) is 9.70. The Kier molecular flexibility index (Phi) is 6.98. The fraction of sp³-hybridized carbons (Fsp3) is 0.174. The first-order valence-corrected chi connectivity index (χ1v) is 11.5. The van der Waals surface area contributed by atoms with E-state index < -0.39 is 27.0 Å². The Morgan fingerprint density at radius 2 is 1.55 bits per heavy atom. The molecule has 9 nitrogen and oxygen atoms in total. The molecule has 0 aliphatic heterocycles. The van der Waals surface area contributed by atoms with Crippen LogP contribution in [0, 0.1) is 24.0 Å². The van der Waals surface area contributed by atoms with Crippen LogP contribution in [0.4, 0.5) is 17.1 Å². The van der Waals surface area contributed by atoms with Crippen LogP contribution < -0.4 is 14.8 Å². The van der Waals surface area contributed by atoms with Gasteiger partial charge in [-0.2, -0.15) is 0 Å². The van der Waals surface area contributed by atoms with Gasteiger partial charge in [0.1, 0.15) is 5.75 Å². The number of nitro benzene ring substituents is 1. The predicted molar refractivity (Wildman–Crippen MR) is 125 cm³/mol. The van der Waals surface area contributed by atoms with Crippen LogP contribution in [-0.2, 0) is 14.8 Å². The van der Waals surface area contributed by atoms with E-state index in [1.807, 2.05) is 19.9 Å². The third-order valence-corrected chi connectivity index (χ3v) is 6.32. The van der Waals surface area contributed by atoms with Crippen molar-refractivity contribution in [1.29, 1.82) is 0 Å². The lowest BCUT2D eigenvalue weighted by atomic mass is 10.1. The average Bonchev–Trinajstić information content (AvgIpc) is 2.77. The quantitative estimate of drug-likeness (QED) is 0.371. The molecule has 0 saturated carbocycles. The van der Waals surface area contributed by atoms with E-state index in [4.69, 9.17) is 4.74 Å². The number of rotatable bonds is 8. The molecule has 0 bridgehead atoms. The topological polar surface area (TPSA) is 128 Å². The Bertz CT molecular complexity index is 1270. The van der Waals surface area contributed by atoms with Crippen molar-refractivity contribution in [3.05, 3.63) is 88.0 Å². The van der Waals surface area contributed by atoms with Crippen LogP contribution in [0.2, 0.25) is 0 Å². The molecule has 0 fully saturated rings. The largest absolute Gasteiger partial charge is 0.481 e. The molecule has 2 N–H and O–H groups in total.